The molecule has 1 aromatic heterocycles. The van der Waals surface area contributed by atoms with Crippen molar-refractivity contribution in [2.45, 2.75) is 12.5 Å². The topological polar surface area (TPSA) is 92.2 Å². The van der Waals surface area contributed by atoms with Crippen molar-refractivity contribution in [3.63, 3.8) is 0 Å². The van der Waals surface area contributed by atoms with Crippen LogP contribution in [-0.4, -0.2) is 78.1 Å². The lowest BCUT2D eigenvalue weighted by atomic mass is 9.95. The zero-order valence-electron chi connectivity index (χ0n) is 18.4. The van der Waals surface area contributed by atoms with E-state index in [0.717, 1.165) is 25.7 Å². The second-order valence-electron chi connectivity index (χ2n) is 7.93. The highest BCUT2D eigenvalue weighted by molar-refractivity contribution is 6.46. The molecule has 2 fully saturated rings. The Morgan fingerprint density at radius 3 is 2.61 bits per heavy atom. The van der Waals surface area contributed by atoms with E-state index >= 15 is 0 Å². The highest BCUT2D eigenvalue weighted by Crippen LogP contribution is 2.40. The number of carbonyl (C=O) groups excluding carboxylic acids is 2. The normalized spacial score (nSPS) is 20.9. The van der Waals surface area contributed by atoms with E-state index < -0.39 is 29.3 Å². The molecule has 3 heterocycles. The van der Waals surface area contributed by atoms with Crippen molar-refractivity contribution in [1.82, 2.24) is 14.8 Å². The predicted octanol–water partition coefficient (Wildman–Crippen LogP) is 2.37. The van der Waals surface area contributed by atoms with E-state index in [-0.39, 0.29) is 16.9 Å². The zero-order chi connectivity index (χ0) is 23.4. The molecule has 0 unspecified atom stereocenters. The van der Waals surface area contributed by atoms with Crippen LogP contribution in [0.2, 0.25) is 0 Å². The molecule has 33 heavy (non-hydrogen) atoms. The summed E-state index contributed by atoms with van der Waals surface area (Å²) < 4.78 is 24.6. The Labute approximate surface area is 191 Å². The van der Waals surface area contributed by atoms with E-state index in [1.807, 2.05) is 0 Å². The molecule has 0 bridgehead atoms. The number of aromatic nitrogens is 1. The van der Waals surface area contributed by atoms with Crippen LogP contribution in [0.3, 0.4) is 0 Å². The maximum absolute atomic E-state index is 14.0. The molecule has 8 nitrogen and oxygen atoms in total. The van der Waals surface area contributed by atoms with E-state index in [9.17, 15) is 19.1 Å². The molecule has 0 saturated carbocycles. The fraction of sp³-hybridized carbons (Fsp3) is 0.375. The number of methoxy groups -OCH3 is 1. The van der Waals surface area contributed by atoms with Gasteiger partial charge in [0.05, 0.1) is 37.5 Å². The number of pyridine rings is 1. The van der Waals surface area contributed by atoms with Gasteiger partial charge < -0.3 is 19.5 Å². The number of carbonyl (C=O) groups is 2. The van der Waals surface area contributed by atoms with Crippen molar-refractivity contribution in [3.8, 4) is 5.75 Å². The van der Waals surface area contributed by atoms with Gasteiger partial charge in [0, 0.05) is 38.6 Å². The molecule has 0 aliphatic carbocycles. The standard InChI is InChI=1S/C24H26FN3O5/c1-32-19-4-3-17(25)15-18(19)22(29)20-21(16-5-7-26-8-6-16)28(24(31)23(20)30)10-2-9-27-11-13-33-14-12-27/h3-8,15,21,29H,2,9-14H2,1H3/b22-20+/t21-/m1/s1. The number of halogens is 1. The average Bonchev–Trinajstić information content (AvgIpc) is 3.10. The molecule has 2 aromatic rings. The number of aliphatic hydroxyl groups excluding tert-OH is 1. The quantitative estimate of drug-likeness (QED) is 0.389. The lowest BCUT2D eigenvalue weighted by Gasteiger charge is -2.29. The maximum atomic E-state index is 14.0. The van der Waals surface area contributed by atoms with Crippen LogP contribution in [-0.2, 0) is 14.3 Å². The third-order valence-electron chi connectivity index (χ3n) is 5.96. The number of Topliss-reactive ketones (excluding diaryl/α,β-unsaturated/α-hetero) is 1. The van der Waals surface area contributed by atoms with Crippen LogP contribution in [0.1, 0.15) is 23.6 Å². The highest BCUT2D eigenvalue weighted by atomic mass is 19.1. The van der Waals surface area contributed by atoms with Gasteiger partial charge in [-0.15, -0.1) is 0 Å². The fourth-order valence-corrected chi connectivity index (χ4v) is 4.30. The molecule has 1 aromatic carbocycles. The molecule has 1 N–H and O–H groups in total. The Morgan fingerprint density at radius 1 is 1.18 bits per heavy atom. The van der Waals surface area contributed by atoms with Gasteiger partial charge in [0.15, 0.2) is 0 Å². The number of ketones is 1. The number of amides is 1. The molecule has 1 amide bonds. The van der Waals surface area contributed by atoms with Crippen molar-refractivity contribution in [2.24, 2.45) is 0 Å². The molecule has 4 rings (SSSR count). The summed E-state index contributed by atoms with van der Waals surface area (Å²) in [5.41, 5.74) is 0.553. The Kier molecular flexibility index (Phi) is 7.00. The largest absolute Gasteiger partial charge is 0.507 e. The van der Waals surface area contributed by atoms with Crippen molar-refractivity contribution in [1.29, 1.82) is 0 Å². The van der Waals surface area contributed by atoms with Crippen LogP contribution < -0.4 is 4.74 Å². The fourth-order valence-electron chi connectivity index (χ4n) is 4.30. The minimum absolute atomic E-state index is 0.0165. The smallest absolute Gasteiger partial charge is 0.295 e. The first-order valence-electron chi connectivity index (χ1n) is 10.8. The number of ether oxygens (including phenoxy) is 2. The number of benzene rings is 1. The Hall–Kier alpha value is -3.30. The lowest BCUT2D eigenvalue weighted by Crippen LogP contribution is -2.38. The van der Waals surface area contributed by atoms with Crippen molar-refractivity contribution in [3.05, 3.63) is 65.2 Å². The monoisotopic (exact) mass is 455 g/mol. The summed E-state index contributed by atoms with van der Waals surface area (Å²) in [6.07, 6.45) is 3.77. The van der Waals surface area contributed by atoms with E-state index in [2.05, 4.69) is 9.88 Å². The second kappa shape index (κ2) is 10.1. The minimum atomic E-state index is -0.814. The van der Waals surface area contributed by atoms with Gasteiger partial charge in [-0.25, -0.2) is 4.39 Å². The molecular weight excluding hydrogens is 429 g/mol. The number of nitrogens with zero attached hydrogens (tertiary/aromatic N) is 3. The highest BCUT2D eigenvalue weighted by Gasteiger charge is 2.46. The first-order chi connectivity index (χ1) is 16.0. The average molecular weight is 455 g/mol. The van der Waals surface area contributed by atoms with Crippen LogP contribution in [0.15, 0.2) is 48.3 Å². The summed E-state index contributed by atoms with van der Waals surface area (Å²) in [4.78, 5) is 33.8. The third kappa shape index (κ3) is 4.74. The maximum Gasteiger partial charge on any atom is 0.295 e. The molecule has 2 saturated heterocycles. The number of aliphatic hydroxyl groups is 1. The first-order valence-corrected chi connectivity index (χ1v) is 10.8. The number of morpholine rings is 1. The van der Waals surface area contributed by atoms with Gasteiger partial charge >= 0.3 is 0 Å². The molecule has 9 heteroatoms. The Bertz CT molecular complexity index is 1050. The van der Waals surface area contributed by atoms with Gasteiger partial charge in [0.2, 0.25) is 0 Å². The number of rotatable bonds is 7. The molecule has 174 valence electrons. The van der Waals surface area contributed by atoms with Crippen LogP contribution in [0.25, 0.3) is 5.76 Å². The molecule has 2 aliphatic rings. The van der Waals surface area contributed by atoms with E-state index in [1.54, 1.807) is 24.5 Å². The number of likely N-dealkylation sites (tertiary alicyclic amines) is 1. The van der Waals surface area contributed by atoms with Gasteiger partial charge in [0.25, 0.3) is 11.7 Å². The number of hydrogen-bond acceptors (Lipinski definition) is 7. The summed E-state index contributed by atoms with van der Waals surface area (Å²) in [6.45, 7) is 4.09. The predicted molar refractivity (Wildman–Crippen MR) is 118 cm³/mol. The van der Waals surface area contributed by atoms with Crippen molar-refractivity contribution >= 4 is 17.4 Å². The van der Waals surface area contributed by atoms with Crippen LogP contribution in [0.4, 0.5) is 4.39 Å². The summed E-state index contributed by atoms with van der Waals surface area (Å²) in [6, 6.07) is 6.22. The van der Waals surface area contributed by atoms with Crippen molar-refractivity contribution < 1.29 is 28.6 Å². The SMILES string of the molecule is COc1ccc(F)cc1/C(O)=C1\C(=O)C(=O)N(CCCN2CCOCC2)[C@@H]1c1ccncc1. The lowest BCUT2D eigenvalue weighted by molar-refractivity contribution is -0.140. The van der Waals surface area contributed by atoms with E-state index in [4.69, 9.17) is 9.47 Å². The molecule has 1 atom stereocenters. The van der Waals surface area contributed by atoms with E-state index in [1.165, 1.54) is 24.1 Å². The Balaban J connectivity index is 1.70. The van der Waals surface area contributed by atoms with Gasteiger partial charge in [-0.1, -0.05) is 0 Å². The van der Waals surface area contributed by atoms with Gasteiger partial charge in [-0.2, -0.15) is 0 Å². The zero-order valence-corrected chi connectivity index (χ0v) is 18.4. The third-order valence-corrected chi connectivity index (χ3v) is 5.96. The molecule has 2 aliphatic heterocycles. The summed E-state index contributed by atoms with van der Waals surface area (Å²) in [5, 5.41) is 11.1. The first kappa shape index (κ1) is 22.9. The summed E-state index contributed by atoms with van der Waals surface area (Å²) in [7, 11) is 1.38. The molecule has 0 radical (unpaired) electrons. The minimum Gasteiger partial charge on any atom is -0.507 e. The second-order valence-corrected chi connectivity index (χ2v) is 7.93. The number of hydrogen-bond donors (Lipinski definition) is 1. The Morgan fingerprint density at radius 2 is 1.91 bits per heavy atom. The molecular formula is C24H26FN3O5. The summed E-state index contributed by atoms with van der Waals surface area (Å²) >= 11 is 0. The van der Waals surface area contributed by atoms with Crippen LogP contribution in [0, 0.1) is 5.82 Å². The summed E-state index contributed by atoms with van der Waals surface area (Å²) in [5.74, 6) is -2.39. The molecule has 0 spiro atoms. The van der Waals surface area contributed by atoms with E-state index in [0.29, 0.717) is 31.7 Å². The van der Waals surface area contributed by atoms with Crippen molar-refractivity contribution in [2.75, 3.05) is 46.5 Å². The van der Waals surface area contributed by atoms with Gasteiger partial charge in [0.1, 0.15) is 17.3 Å². The van der Waals surface area contributed by atoms with Crippen LogP contribution in [0.5, 0.6) is 5.75 Å². The van der Waals surface area contributed by atoms with Gasteiger partial charge in [-0.3, -0.25) is 19.5 Å². The van der Waals surface area contributed by atoms with Gasteiger partial charge in [-0.05, 0) is 42.3 Å². The van der Waals surface area contributed by atoms with Crippen LogP contribution >= 0.6 is 0 Å².